The number of rotatable bonds is 4. The molecule has 0 radical (unpaired) electrons. The molecular formula is C12H17BrFN3S. The van der Waals surface area contributed by atoms with Gasteiger partial charge in [0.2, 0.25) is 0 Å². The first-order chi connectivity index (χ1) is 8.66. The predicted molar refractivity (Wildman–Crippen MR) is 80.8 cm³/mol. The van der Waals surface area contributed by atoms with Crippen LogP contribution < -0.4 is 11.1 Å². The summed E-state index contributed by atoms with van der Waals surface area (Å²) in [5.41, 5.74) is 7.07. The van der Waals surface area contributed by atoms with Gasteiger partial charge >= 0.3 is 0 Å². The Labute approximate surface area is 119 Å². The van der Waals surface area contributed by atoms with Gasteiger partial charge in [-0.3, -0.25) is 4.90 Å². The molecule has 1 heterocycles. The molecular weight excluding hydrogens is 317 g/mol. The Morgan fingerprint density at radius 3 is 2.83 bits per heavy atom. The lowest BCUT2D eigenvalue weighted by atomic mass is 10.2. The SMILES string of the molecule is Nc1cc(Br)c(F)cc1NCCN1CCSCC1. The summed E-state index contributed by atoms with van der Waals surface area (Å²) in [4.78, 5) is 2.41. The molecule has 1 fully saturated rings. The van der Waals surface area contributed by atoms with Crippen LogP contribution in [-0.4, -0.2) is 42.6 Å². The van der Waals surface area contributed by atoms with Gasteiger partial charge in [-0.25, -0.2) is 4.39 Å². The van der Waals surface area contributed by atoms with Gasteiger partial charge in [0.05, 0.1) is 15.8 Å². The monoisotopic (exact) mass is 333 g/mol. The number of anilines is 2. The van der Waals surface area contributed by atoms with Crippen LogP contribution in [0.25, 0.3) is 0 Å². The zero-order valence-electron chi connectivity index (χ0n) is 10.1. The Hall–Kier alpha value is -0.460. The maximum atomic E-state index is 13.4. The van der Waals surface area contributed by atoms with Gasteiger partial charge in [-0.1, -0.05) is 0 Å². The maximum Gasteiger partial charge on any atom is 0.139 e. The van der Waals surface area contributed by atoms with Gasteiger partial charge < -0.3 is 11.1 Å². The number of hydrogen-bond donors (Lipinski definition) is 2. The number of benzene rings is 1. The van der Waals surface area contributed by atoms with Gasteiger partial charge in [-0.05, 0) is 22.0 Å². The molecule has 0 aliphatic carbocycles. The molecule has 0 spiro atoms. The quantitative estimate of drug-likeness (QED) is 0.831. The van der Waals surface area contributed by atoms with Crippen LogP contribution in [0.3, 0.4) is 0 Å². The Kier molecular flexibility index (Phi) is 5.14. The smallest absolute Gasteiger partial charge is 0.139 e. The van der Waals surface area contributed by atoms with Gasteiger partial charge in [-0.2, -0.15) is 11.8 Å². The highest BCUT2D eigenvalue weighted by Gasteiger charge is 2.10. The van der Waals surface area contributed by atoms with Crippen LogP contribution in [0.15, 0.2) is 16.6 Å². The van der Waals surface area contributed by atoms with E-state index in [1.807, 2.05) is 11.8 Å². The molecule has 0 atom stereocenters. The zero-order valence-corrected chi connectivity index (χ0v) is 12.5. The summed E-state index contributed by atoms with van der Waals surface area (Å²) in [5.74, 6) is 2.12. The first-order valence-electron chi connectivity index (χ1n) is 5.95. The lowest BCUT2D eigenvalue weighted by Gasteiger charge is -2.26. The van der Waals surface area contributed by atoms with Crippen molar-refractivity contribution < 1.29 is 4.39 Å². The summed E-state index contributed by atoms with van der Waals surface area (Å²) >= 11 is 5.12. The molecule has 0 unspecified atom stereocenters. The molecule has 100 valence electrons. The molecule has 1 saturated heterocycles. The molecule has 1 aromatic carbocycles. The maximum absolute atomic E-state index is 13.4. The van der Waals surface area contributed by atoms with Crippen molar-refractivity contribution in [3.05, 3.63) is 22.4 Å². The summed E-state index contributed by atoms with van der Waals surface area (Å²) in [5, 5.41) is 3.19. The molecule has 3 nitrogen and oxygen atoms in total. The zero-order chi connectivity index (χ0) is 13.0. The van der Waals surface area contributed by atoms with E-state index in [9.17, 15) is 4.39 Å². The Balaban J connectivity index is 1.84. The number of nitrogens with two attached hydrogens (primary N) is 1. The number of halogens is 2. The molecule has 1 aliphatic rings. The molecule has 1 aliphatic heterocycles. The number of nitrogens with one attached hydrogen (secondary N) is 1. The van der Waals surface area contributed by atoms with E-state index in [0.29, 0.717) is 15.8 Å². The minimum absolute atomic E-state index is 0.291. The number of nitrogens with zero attached hydrogens (tertiary/aromatic N) is 1. The van der Waals surface area contributed by atoms with E-state index in [0.717, 1.165) is 26.2 Å². The van der Waals surface area contributed by atoms with Crippen molar-refractivity contribution in [2.24, 2.45) is 0 Å². The number of nitrogen functional groups attached to an aromatic ring is 1. The summed E-state index contributed by atoms with van der Waals surface area (Å²) in [6.45, 7) is 4.03. The Morgan fingerprint density at radius 1 is 1.39 bits per heavy atom. The normalized spacial score (nSPS) is 16.8. The molecule has 0 saturated carbocycles. The highest BCUT2D eigenvalue weighted by Crippen LogP contribution is 2.26. The molecule has 0 aromatic heterocycles. The van der Waals surface area contributed by atoms with Gasteiger partial charge in [0.1, 0.15) is 5.82 Å². The van der Waals surface area contributed by atoms with Crippen molar-refractivity contribution in [2.45, 2.75) is 0 Å². The fourth-order valence-electron chi connectivity index (χ4n) is 1.89. The molecule has 2 rings (SSSR count). The number of thioether (sulfide) groups is 1. The summed E-state index contributed by atoms with van der Waals surface area (Å²) in [6, 6.07) is 3.03. The first kappa shape index (κ1) is 14.0. The Bertz CT molecular complexity index is 411. The third kappa shape index (κ3) is 3.76. The molecule has 0 bridgehead atoms. The number of hydrogen-bond acceptors (Lipinski definition) is 4. The largest absolute Gasteiger partial charge is 0.397 e. The van der Waals surface area contributed by atoms with Crippen molar-refractivity contribution in [1.82, 2.24) is 4.90 Å². The molecule has 1 aromatic rings. The van der Waals surface area contributed by atoms with E-state index >= 15 is 0 Å². The van der Waals surface area contributed by atoms with E-state index in [1.165, 1.54) is 17.6 Å². The predicted octanol–water partition coefficient (Wildman–Crippen LogP) is 2.63. The van der Waals surface area contributed by atoms with Crippen molar-refractivity contribution in [1.29, 1.82) is 0 Å². The van der Waals surface area contributed by atoms with Crippen LogP contribution in [0.1, 0.15) is 0 Å². The van der Waals surface area contributed by atoms with Crippen LogP contribution >= 0.6 is 27.7 Å². The second-order valence-electron chi connectivity index (χ2n) is 4.23. The van der Waals surface area contributed by atoms with Gasteiger partial charge in [0, 0.05) is 43.8 Å². The van der Waals surface area contributed by atoms with Gasteiger partial charge in [0.25, 0.3) is 0 Å². The Morgan fingerprint density at radius 2 is 2.11 bits per heavy atom. The van der Waals surface area contributed by atoms with E-state index in [-0.39, 0.29) is 5.82 Å². The second-order valence-corrected chi connectivity index (χ2v) is 6.31. The summed E-state index contributed by atoms with van der Waals surface area (Å²) < 4.78 is 13.8. The summed E-state index contributed by atoms with van der Waals surface area (Å²) in [6.07, 6.45) is 0. The van der Waals surface area contributed by atoms with Crippen molar-refractivity contribution >= 4 is 39.1 Å². The average Bonchev–Trinajstić information content (AvgIpc) is 2.37. The third-order valence-corrected chi connectivity index (χ3v) is 4.49. The van der Waals surface area contributed by atoms with E-state index in [1.54, 1.807) is 6.07 Å². The van der Waals surface area contributed by atoms with Gasteiger partial charge in [0.15, 0.2) is 0 Å². The first-order valence-corrected chi connectivity index (χ1v) is 7.90. The van der Waals surface area contributed by atoms with E-state index < -0.39 is 0 Å². The van der Waals surface area contributed by atoms with Crippen LogP contribution in [0.4, 0.5) is 15.8 Å². The summed E-state index contributed by atoms with van der Waals surface area (Å²) in [7, 11) is 0. The van der Waals surface area contributed by atoms with Crippen LogP contribution in [-0.2, 0) is 0 Å². The molecule has 3 N–H and O–H groups in total. The van der Waals surface area contributed by atoms with Gasteiger partial charge in [-0.15, -0.1) is 0 Å². The van der Waals surface area contributed by atoms with Crippen LogP contribution in [0, 0.1) is 5.82 Å². The van der Waals surface area contributed by atoms with Crippen molar-refractivity contribution in [3.63, 3.8) is 0 Å². The highest BCUT2D eigenvalue weighted by molar-refractivity contribution is 9.10. The van der Waals surface area contributed by atoms with Crippen LogP contribution in [0.5, 0.6) is 0 Å². The molecule has 18 heavy (non-hydrogen) atoms. The van der Waals surface area contributed by atoms with E-state index in [4.69, 9.17) is 5.73 Å². The minimum atomic E-state index is -0.291. The second kappa shape index (κ2) is 6.63. The highest BCUT2D eigenvalue weighted by atomic mass is 79.9. The topological polar surface area (TPSA) is 41.3 Å². The fraction of sp³-hybridized carbons (Fsp3) is 0.500. The average molecular weight is 334 g/mol. The standard InChI is InChI=1S/C12H17BrFN3S/c13-9-7-11(15)12(8-10(9)14)16-1-2-17-3-5-18-6-4-17/h7-8,16H,1-6,15H2. The lowest BCUT2D eigenvalue weighted by Crippen LogP contribution is -2.36. The molecule has 6 heteroatoms. The van der Waals surface area contributed by atoms with Crippen molar-refractivity contribution in [2.75, 3.05) is 48.7 Å². The third-order valence-electron chi connectivity index (χ3n) is 2.94. The fourth-order valence-corrected chi connectivity index (χ4v) is 3.23. The lowest BCUT2D eigenvalue weighted by molar-refractivity contribution is 0.314. The minimum Gasteiger partial charge on any atom is -0.397 e. The van der Waals surface area contributed by atoms with E-state index in [2.05, 4.69) is 26.1 Å². The molecule has 0 amide bonds. The van der Waals surface area contributed by atoms with Crippen LogP contribution in [0.2, 0.25) is 0 Å². The van der Waals surface area contributed by atoms with Crippen molar-refractivity contribution in [3.8, 4) is 0 Å².